The van der Waals surface area contributed by atoms with E-state index in [1.165, 1.54) is 16.4 Å². The molecule has 2 aliphatic heterocycles. The standard InChI is InChI=1S/C17H24N4O5S/c1-12-4-3-9-20(11-12)27(25,26)13-6-7-14(16(10-13)21(23)24)19-15-5-2-8-18-17(15)22/h6-7,10,12,15,19H,2-5,8-9,11H2,1H3,(H,18,22)/t12-,15-/m1/s1. The molecule has 2 atom stereocenters. The fourth-order valence-electron chi connectivity index (χ4n) is 3.56. The highest BCUT2D eigenvalue weighted by Crippen LogP contribution is 2.31. The Morgan fingerprint density at radius 3 is 2.74 bits per heavy atom. The monoisotopic (exact) mass is 396 g/mol. The summed E-state index contributed by atoms with van der Waals surface area (Å²) in [6.45, 7) is 3.41. The average Bonchev–Trinajstić information content (AvgIpc) is 2.63. The molecule has 0 bridgehead atoms. The van der Waals surface area contributed by atoms with Crippen molar-refractivity contribution in [3.63, 3.8) is 0 Å². The molecule has 3 rings (SSSR count). The highest BCUT2D eigenvalue weighted by atomic mass is 32.2. The number of nitro benzene ring substituents is 1. The van der Waals surface area contributed by atoms with Crippen LogP contribution in [0.15, 0.2) is 23.1 Å². The highest BCUT2D eigenvalue weighted by molar-refractivity contribution is 7.89. The van der Waals surface area contributed by atoms with Gasteiger partial charge in [0, 0.05) is 25.7 Å². The van der Waals surface area contributed by atoms with Crippen LogP contribution in [0.25, 0.3) is 0 Å². The third-order valence-electron chi connectivity index (χ3n) is 5.04. The molecule has 1 amide bonds. The predicted octanol–water partition coefficient (Wildman–Crippen LogP) is 1.71. The van der Waals surface area contributed by atoms with Crippen molar-refractivity contribution in [1.82, 2.24) is 9.62 Å². The molecule has 0 saturated carbocycles. The van der Waals surface area contributed by atoms with Crippen molar-refractivity contribution in [3.8, 4) is 0 Å². The molecule has 9 nitrogen and oxygen atoms in total. The molecule has 0 aromatic heterocycles. The van der Waals surface area contributed by atoms with E-state index in [4.69, 9.17) is 0 Å². The van der Waals surface area contributed by atoms with Crippen molar-refractivity contribution in [2.24, 2.45) is 5.92 Å². The van der Waals surface area contributed by atoms with Crippen LogP contribution < -0.4 is 10.6 Å². The zero-order valence-electron chi connectivity index (χ0n) is 15.2. The SMILES string of the molecule is C[C@@H]1CCCN(S(=O)(=O)c2ccc(N[C@@H]3CCCNC3=O)c([N+](=O)[O-])c2)C1. The average molecular weight is 396 g/mol. The Kier molecular flexibility index (Phi) is 5.66. The molecule has 27 heavy (non-hydrogen) atoms. The van der Waals surface area contributed by atoms with Gasteiger partial charge in [-0.1, -0.05) is 6.92 Å². The second-order valence-corrected chi connectivity index (χ2v) is 9.11. The van der Waals surface area contributed by atoms with Gasteiger partial charge in [-0.25, -0.2) is 8.42 Å². The third kappa shape index (κ3) is 4.22. The summed E-state index contributed by atoms with van der Waals surface area (Å²) < 4.78 is 27.2. The topological polar surface area (TPSA) is 122 Å². The molecule has 10 heteroatoms. The van der Waals surface area contributed by atoms with Crippen molar-refractivity contribution >= 4 is 27.3 Å². The maximum Gasteiger partial charge on any atom is 0.293 e. The number of hydrogen-bond acceptors (Lipinski definition) is 6. The summed E-state index contributed by atoms with van der Waals surface area (Å²) in [7, 11) is -3.79. The van der Waals surface area contributed by atoms with E-state index < -0.39 is 21.0 Å². The Hall–Kier alpha value is -2.20. The first-order valence-electron chi connectivity index (χ1n) is 9.12. The van der Waals surface area contributed by atoms with Gasteiger partial charge in [0.15, 0.2) is 0 Å². The Morgan fingerprint density at radius 2 is 2.07 bits per heavy atom. The summed E-state index contributed by atoms with van der Waals surface area (Å²) in [6.07, 6.45) is 3.09. The zero-order chi connectivity index (χ0) is 19.6. The summed E-state index contributed by atoms with van der Waals surface area (Å²) in [5.41, 5.74) is -0.201. The van der Waals surface area contributed by atoms with E-state index in [2.05, 4.69) is 10.6 Å². The van der Waals surface area contributed by atoms with Gasteiger partial charge in [0.1, 0.15) is 11.7 Å². The van der Waals surface area contributed by atoms with Gasteiger partial charge in [-0.3, -0.25) is 14.9 Å². The van der Waals surface area contributed by atoms with Crippen LogP contribution in [0.5, 0.6) is 0 Å². The first-order chi connectivity index (χ1) is 12.8. The minimum Gasteiger partial charge on any atom is -0.368 e. The van der Waals surface area contributed by atoms with E-state index in [0.717, 1.165) is 25.3 Å². The minimum absolute atomic E-state index is 0.0954. The summed E-state index contributed by atoms with van der Waals surface area (Å²) in [5.74, 6) is 0.0452. The molecule has 0 spiro atoms. The number of rotatable bonds is 5. The van der Waals surface area contributed by atoms with E-state index in [1.807, 2.05) is 6.92 Å². The second-order valence-electron chi connectivity index (χ2n) is 7.18. The van der Waals surface area contributed by atoms with Crippen LogP contribution in [-0.2, 0) is 14.8 Å². The molecule has 0 radical (unpaired) electrons. The molecule has 2 saturated heterocycles. The van der Waals surface area contributed by atoms with Gasteiger partial charge in [0.25, 0.3) is 5.69 Å². The molecule has 0 aliphatic carbocycles. The van der Waals surface area contributed by atoms with Crippen molar-refractivity contribution < 1.29 is 18.1 Å². The van der Waals surface area contributed by atoms with E-state index in [1.54, 1.807) is 0 Å². The Labute approximate surface area is 158 Å². The van der Waals surface area contributed by atoms with Crippen LogP contribution in [0.4, 0.5) is 11.4 Å². The lowest BCUT2D eigenvalue weighted by molar-refractivity contribution is -0.384. The quantitative estimate of drug-likeness (QED) is 0.577. The van der Waals surface area contributed by atoms with Gasteiger partial charge in [0.05, 0.1) is 9.82 Å². The van der Waals surface area contributed by atoms with Crippen LogP contribution in [0.2, 0.25) is 0 Å². The summed E-state index contributed by atoms with van der Waals surface area (Å²) in [4.78, 5) is 22.7. The van der Waals surface area contributed by atoms with Crippen molar-refractivity contribution in [2.45, 2.75) is 43.5 Å². The maximum absolute atomic E-state index is 12.9. The van der Waals surface area contributed by atoms with Crippen molar-refractivity contribution in [1.29, 1.82) is 0 Å². The number of nitrogens with zero attached hydrogens (tertiary/aromatic N) is 2. The van der Waals surface area contributed by atoms with Gasteiger partial charge in [0.2, 0.25) is 15.9 Å². The number of anilines is 1. The first-order valence-corrected chi connectivity index (χ1v) is 10.6. The maximum atomic E-state index is 12.9. The van der Waals surface area contributed by atoms with Crippen LogP contribution >= 0.6 is 0 Å². The van der Waals surface area contributed by atoms with E-state index >= 15 is 0 Å². The summed E-state index contributed by atoms with van der Waals surface area (Å²) >= 11 is 0. The van der Waals surface area contributed by atoms with Gasteiger partial charge in [-0.2, -0.15) is 4.31 Å². The van der Waals surface area contributed by atoms with Crippen LogP contribution in [0, 0.1) is 16.0 Å². The molecule has 0 unspecified atom stereocenters. The van der Waals surface area contributed by atoms with Gasteiger partial charge in [-0.15, -0.1) is 0 Å². The molecule has 2 aliphatic rings. The Balaban J connectivity index is 1.89. The molecule has 2 fully saturated rings. The van der Waals surface area contributed by atoms with Gasteiger partial charge >= 0.3 is 0 Å². The normalized spacial score (nSPS) is 24.3. The largest absolute Gasteiger partial charge is 0.368 e. The number of benzene rings is 1. The number of piperidine rings is 2. The number of amides is 1. The van der Waals surface area contributed by atoms with Gasteiger partial charge < -0.3 is 10.6 Å². The predicted molar refractivity (Wildman–Crippen MR) is 99.9 cm³/mol. The van der Waals surface area contributed by atoms with Crippen molar-refractivity contribution in [2.75, 3.05) is 25.0 Å². The van der Waals surface area contributed by atoms with Crippen LogP contribution in [-0.4, -0.2) is 49.2 Å². The van der Waals surface area contributed by atoms with E-state index in [-0.39, 0.29) is 28.1 Å². The lowest BCUT2D eigenvalue weighted by atomic mass is 10.0. The smallest absolute Gasteiger partial charge is 0.293 e. The first kappa shape index (κ1) is 19.6. The lowest BCUT2D eigenvalue weighted by Crippen LogP contribution is -2.44. The number of carbonyl (C=O) groups is 1. The third-order valence-corrected chi connectivity index (χ3v) is 6.90. The van der Waals surface area contributed by atoms with E-state index in [0.29, 0.717) is 26.1 Å². The molecule has 2 N–H and O–H groups in total. The zero-order valence-corrected chi connectivity index (χ0v) is 16.0. The Morgan fingerprint density at radius 1 is 1.30 bits per heavy atom. The number of nitro groups is 1. The number of sulfonamides is 1. The van der Waals surface area contributed by atoms with E-state index in [9.17, 15) is 23.3 Å². The molecular weight excluding hydrogens is 372 g/mol. The fourth-order valence-corrected chi connectivity index (χ4v) is 5.18. The molecule has 1 aromatic carbocycles. The lowest BCUT2D eigenvalue weighted by Gasteiger charge is -2.30. The number of nitrogens with one attached hydrogen (secondary N) is 2. The second kappa shape index (κ2) is 7.81. The van der Waals surface area contributed by atoms with Crippen LogP contribution in [0.3, 0.4) is 0 Å². The number of hydrogen-bond donors (Lipinski definition) is 2. The van der Waals surface area contributed by atoms with Gasteiger partial charge in [-0.05, 0) is 43.7 Å². The summed E-state index contributed by atoms with van der Waals surface area (Å²) in [5, 5.41) is 17.1. The molecular formula is C17H24N4O5S. The van der Waals surface area contributed by atoms with Crippen LogP contribution in [0.1, 0.15) is 32.6 Å². The molecule has 1 aromatic rings. The van der Waals surface area contributed by atoms with Crippen molar-refractivity contribution in [3.05, 3.63) is 28.3 Å². The number of carbonyl (C=O) groups excluding carboxylic acids is 1. The minimum atomic E-state index is -3.79. The molecule has 148 valence electrons. The highest BCUT2D eigenvalue weighted by Gasteiger charge is 2.31. The Bertz CT molecular complexity index is 842. The summed E-state index contributed by atoms with van der Waals surface area (Å²) in [6, 6.07) is 3.26. The fraction of sp³-hybridized carbons (Fsp3) is 0.588. The molecule has 2 heterocycles.